The number of nitrogens with zero attached hydrogens (tertiary/aromatic N) is 5. The van der Waals surface area contributed by atoms with Crippen molar-refractivity contribution in [3.8, 4) is 5.75 Å². The Balaban J connectivity index is 0.00000294. The van der Waals surface area contributed by atoms with E-state index < -0.39 is 57.8 Å². The van der Waals surface area contributed by atoms with Crippen LogP contribution in [0, 0.1) is 10.1 Å². The van der Waals surface area contributed by atoms with Gasteiger partial charge in [-0.05, 0) is 41.8 Å². The molecule has 0 aliphatic heterocycles. The first-order valence-corrected chi connectivity index (χ1v) is 13.4. The van der Waals surface area contributed by atoms with Gasteiger partial charge in [0.25, 0.3) is 25.9 Å². The third-order valence-electron chi connectivity index (χ3n) is 5.22. The number of rotatable bonds is 7. The molecule has 4 rings (SSSR count). The number of nitro groups is 1. The molecule has 204 valence electrons. The summed E-state index contributed by atoms with van der Waals surface area (Å²) >= 11 is 0. The summed E-state index contributed by atoms with van der Waals surface area (Å²) < 4.78 is 68.0. The van der Waals surface area contributed by atoms with E-state index in [0.717, 1.165) is 24.3 Å². The molecule has 4 aromatic carbocycles. The van der Waals surface area contributed by atoms with Crippen molar-refractivity contribution < 1.29 is 36.0 Å². The zero-order chi connectivity index (χ0) is 28.5. The number of nitrogen functional groups attached to an aromatic ring is 1. The third kappa shape index (κ3) is 7.72. The SMILES string of the molecule is Nc1c(/N=N/c2ccc([N+](=O)[O-])cc2)c(S(=O)(=O)O)cc2cc(S(=O)(=O)O)c(/N=N/c3ccccc3)c(O)c12.[NaH].[NaH]. The number of hydrogen-bond donors (Lipinski definition) is 4. The number of aromatic hydroxyl groups is 1. The van der Waals surface area contributed by atoms with Gasteiger partial charge in [0.15, 0.2) is 5.75 Å². The number of azo groups is 2. The van der Waals surface area contributed by atoms with E-state index in [-0.39, 0.29) is 86.9 Å². The van der Waals surface area contributed by atoms with E-state index in [4.69, 9.17) is 5.73 Å². The summed E-state index contributed by atoms with van der Waals surface area (Å²) in [5, 5.41) is 36.3. The molecule has 15 nitrogen and oxygen atoms in total. The second-order valence-corrected chi connectivity index (χ2v) is 10.5. The fourth-order valence-electron chi connectivity index (χ4n) is 3.46. The van der Waals surface area contributed by atoms with Gasteiger partial charge in [-0.3, -0.25) is 19.2 Å². The van der Waals surface area contributed by atoms with Crippen molar-refractivity contribution in [3.63, 3.8) is 0 Å². The first-order chi connectivity index (χ1) is 18.3. The van der Waals surface area contributed by atoms with Crippen molar-refractivity contribution >= 4 is 124 Å². The Kier molecular flexibility index (Phi) is 11.3. The predicted molar refractivity (Wildman–Crippen MR) is 152 cm³/mol. The van der Waals surface area contributed by atoms with Crippen LogP contribution < -0.4 is 5.73 Å². The molecule has 0 radical (unpaired) electrons. The van der Waals surface area contributed by atoms with Gasteiger partial charge in [-0.25, -0.2) is 0 Å². The minimum atomic E-state index is -5.05. The van der Waals surface area contributed by atoms with Crippen molar-refractivity contribution in [2.45, 2.75) is 9.79 Å². The molecule has 0 heterocycles. The molecule has 19 heteroatoms. The van der Waals surface area contributed by atoms with Crippen LogP contribution in [0.1, 0.15) is 0 Å². The summed E-state index contributed by atoms with van der Waals surface area (Å²) in [5.74, 6) is -0.897. The van der Waals surface area contributed by atoms with Crippen LogP contribution in [-0.4, -0.2) is 95.1 Å². The van der Waals surface area contributed by atoms with E-state index >= 15 is 0 Å². The van der Waals surface area contributed by atoms with E-state index in [1.807, 2.05) is 0 Å². The number of benzene rings is 4. The van der Waals surface area contributed by atoms with E-state index in [1.54, 1.807) is 18.2 Å². The fraction of sp³-hybridized carbons (Fsp3) is 0. The second kappa shape index (κ2) is 13.4. The molecule has 0 amide bonds. The zero-order valence-electron chi connectivity index (χ0n) is 19.3. The monoisotopic (exact) mass is 620 g/mol. The van der Waals surface area contributed by atoms with Crippen LogP contribution in [0.4, 0.5) is 34.1 Å². The van der Waals surface area contributed by atoms with Gasteiger partial charge in [-0.1, -0.05) is 18.2 Å². The maximum atomic E-state index is 12.1. The Morgan fingerprint density at radius 3 is 1.68 bits per heavy atom. The maximum absolute atomic E-state index is 12.1. The number of phenols is 1. The van der Waals surface area contributed by atoms with Crippen LogP contribution in [0.5, 0.6) is 5.75 Å². The van der Waals surface area contributed by atoms with Gasteiger partial charge >= 0.3 is 59.1 Å². The number of fused-ring (bicyclic) bond motifs is 1. The molecule has 0 aromatic heterocycles. The summed E-state index contributed by atoms with van der Waals surface area (Å²) in [6, 6.07) is 14.2. The molecule has 0 aliphatic rings. The summed E-state index contributed by atoms with van der Waals surface area (Å²) in [4.78, 5) is 8.37. The zero-order valence-corrected chi connectivity index (χ0v) is 20.9. The number of phenolic OH excluding ortho intramolecular Hbond substituents is 1. The predicted octanol–water partition coefficient (Wildman–Crippen LogP) is 4.06. The van der Waals surface area contributed by atoms with E-state index in [0.29, 0.717) is 0 Å². The normalized spacial score (nSPS) is 11.9. The molecule has 41 heavy (non-hydrogen) atoms. The molecule has 0 saturated heterocycles. The van der Waals surface area contributed by atoms with Crippen LogP contribution in [-0.2, 0) is 20.2 Å². The standard InChI is InChI=1S/C22H16N6O9S2.2Na.2H/c23-19-18-12(11-17(39(35,36)37)21(22(18)29)27-24-13-4-2-1-3-5-13)10-16(38(32,33)34)20(19)26-25-14-6-8-15(9-7-14)28(30)31;;;;/h1-11,29H,23H2,(H,32,33,34)(H,35,36,37);;;;/b26-25+,27-24+;;;;. The van der Waals surface area contributed by atoms with Gasteiger partial charge in [-0.15, -0.1) is 10.2 Å². The summed E-state index contributed by atoms with van der Waals surface area (Å²) in [6.07, 6.45) is 0. The molecular weight excluding hydrogens is 602 g/mol. The Labute approximate surface area is 276 Å². The third-order valence-corrected chi connectivity index (χ3v) is 6.95. The molecule has 0 aliphatic carbocycles. The van der Waals surface area contributed by atoms with Gasteiger partial charge in [0, 0.05) is 12.1 Å². The summed E-state index contributed by atoms with van der Waals surface area (Å²) in [5.41, 5.74) is 4.29. The van der Waals surface area contributed by atoms with E-state index in [2.05, 4.69) is 20.5 Å². The number of non-ortho nitro benzene ring substituents is 1. The first-order valence-electron chi connectivity index (χ1n) is 10.5. The first kappa shape index (κ1) is 34.4. The molecule has 0 unspecified atom stereocenters. The number of anilines is 1. The molecule has 0 bridgehead atoms. The molecule has 0 fully saturated rings. The van der Waals surface area contributed by atoms with Crippen molar-refractivity contribution in [1.82, 2.24) is 0 Å². The van der Waals surface area contributed by atoms with Gasteiger partial charge in [-0.2, -0.15) is 27.1 Å². The number of nitro benzene ring substituents is 1. The van der Waals surface area contributed by atoms with Gasteiger partial charge in [0.1, 0.15) is 21.2 Å². The molecule has 0 saturated carbocycles. The molecular formula is C22H18N6Na2O9S2. The molecule has 5 N–H and O–H groups in total. The Hall–Kier alpha value is -2.84. The Morgan fingerprint density at radius 1 is 0.732 bits per heavy atom. The molecule has 4 aromatic rings. The van der Waals surface area contributed by atoms with Gasteiger partial charge < -0.3 is 10.8 Å². The van der Waals surface area contributed by atoms with Crippen LogP contribution >= 0.6 is 0 Å². The van der Waals surface area contributed by atoms with Crippen LogP contribution in [0.15, 0.2) is 97.0 Å². The second-order valence-electron chi connectivity index (χ2n) is 7.77. The van der Waals surface area contributed by atoms with Crippen molar-refractivity contribution in [2.75, 3.05) is 5.73 Å². The van der Waals surface area contributed by atoms with E-state index in [9.17, 15) is 41.2 Å². The summed E-state index contributed by atoms with van der Waals surface area (Å²) in [6.45, 7) is 0. The number of nitrogens with two attached hydrogens (primary N) is 1. The van der Waals surface area contributed by atoms with Crippen LogP contribution in [0.3, 0.4) is 0 Å². The van der Waals surface area contributed by atoms with Crippen LogP contribution in [0.25, 0.3) is 10.8 Å². The average molecular weight is 621 g/mol. The van der Waals surface area contributed by atoms with Crippen molar-refractivity contribution in [1.29, 1.82) is 0 Å². The van der Waals surface area contributed by atoms with Gasteiger partial charge in [0.05, 0.1) is 27.4 Å². The summed E-state index contributed by atoms with van der Waals surface area (Å²) in [7, 11) is -10.1. The van der Waals surface area contributed by atoms with Crippen molar-refractivity contribution in [2.24, 2.45) is 20.5 Å². The Morgan fingerprint density at radius 2 is 1.20 bits per heavy atom. The topological polar surface area (TPSA) is 248 Å². The van der Waals surface area contributed by atoms with Crippen molar-refractivity contribution in [3.05, 3.63) is 76.8 Å². The molecule has 0 atom stereocenters. The minimum absolute atomic E-state index is 0. The quantitative estimate of drug-likeness (QED) is 0.0576. The fourth-order valence-corrected chi connectivity index (χ4v) is 4.78. The van der Waals surface area contributed by atoms with Gasteiger partial charge in [0.2, 0.25) is 0 Å². The van der Waals surface area contributed by atoms with E-state index in [1.165, 1.54) is 24.3 Å². The van der Waals surface area contributed by atoms with Crippen LogP contribution in [0.2, 0.25) is 0 Å². The average Bonchev–Trinajstić information content (AvgIpc) is 2.86. The Bertz CT molecular complexity index is 1900. The molecule has 0 spiro atoms. The number of hydrogen-bond acceptors (Lipinski definition) is 12.